The smallest absolute Gasteiger partial charge is 0.328 e. The maximum atomic E-state index is 11.6. The van der Waals surface area contributed by atoms with E-state index in [4.69, 9.17) is 14.2 Å². The summed E-state index contributed by atoms with van der Waals surface area (Å²) in [5.41, 5.74) is -0.788. The molecule has 0 saturated carbocycles. The van der Waals surface area contributed by atoms with Gasteiger partial charge in [-0.1, -0.05) is 0 Å². The minimum absolute atomic E-state index is 0.169. The van der Waals surface area contributed by atoms with E-state index in [-0.39, 0.29) is 18.7 Å². The van der Waals surface area contributed by atoms with Crippen LogP contribution in [0.1, 0.15) is 26.2 Å². The zero-order chi connectivity index (χ0) is 12.7. The molecule has 5 nitrogen and oxygen atoms in total. The number of esters is 1. The highest BCUT2D eigenvalue weighted by atomic mass is 16.5. The standard InChI is InChI=1S/C12H23NO4/c1-12(13-2,11(14)15-3)9-16-8-10-6-4-5-7-17-10/h10,13H,4-9H2,1-3H3. The maximum absolute atomic E-state index is 11.6. The zero-order valence-corrected chi connectivity index (χ0v) is 11.0. The molecule has 1 saturated heterocycles. The lowest BCUT2D eigenvalue weighted by Crippen LogP contribution is -2.52. The van der Waals surface area contributed by atoms with Gasteiger partial charge in [0.05, 0.1) is 26.4 Å². The van der Waals surface area contributed by atoms with E-state index in [0.29, 0.717) is 6.61 Å². The molecule has 2 unspecified atom stereocenters. The number of methoxy groups -OCH3 is 1. The van der Waals surface area contributed by atoms with Gasteiger partial charge in [0.15, 0.2) is 0 Å². The highest BCUT2D eigenvalue weighted by Crippen LogP contribution is 2.14. The van der Waals surface area contributed by atoms with E-state index < -0.39 is 5.54 Å². The van der Waals surface area contributed by atoms with Gasteiger partial charge in [0, 0.05) is 6.61 Å². The van der Waals surface area contributed by atoms with Crippen molar-refractivity contribution in [2.75, 3.05) is 34.0 Å². The summed E-state index contributed by atoms with van der Waals surface area (Å²) in [4.78, 5) is 11.6. The quantitative estimate of drug-likeness (QED) is 0.699. The van der Waals surface area contributed by atoms with Gasteiger partial charge in [0.25, 0.3) is 0 Å². The van der Waals surface area contributed by atoms with E-state index >= 15 is 0 Å². The molecular formula is C12H23NO4. The SMILES string of the molecule is CNC(C)(COCC1CCCCO1)C(=O)OC. The van der Waals surface area contributed by atoms with E-state index in [0.717, 1.165) is 19.4 Å². The number of carbonyl (C=O) groups is 1. The Morgan fingerprint density at radius 1 is 1.53 bits per heavy atom. The number of ether oxygens (including phenoxy) is 3. The van der Waals surface area contributed by atoms with Crippen molar-refractivity contribution in [3.63, 3.8) is 0 Å². The molecule has 0 amide bonds. The first-order valence-corrected chi connectivity index (χ1v) is 6.09. The molecule has 1 fully saturated rings. The number of nitrogens with one attached hydrogen (secondary N) is 1. The summed E-state index contributed by atoms with van der Waals surface area (Å²) in [5.74, 6) is -0.315. The molecule has 1 N–H and O–H groups in total. The Balaban J connectivity index is 2.29. The molecule has 5 heteroatoms. The number of rotatable bonds is 6. The summed E-state index contributed by atoms with van der Waals surface area (Å²) in [6.07, 6.45) is 3.53. The fourth-order valence-corrected chi connectivity index (χ4v) is 1.79. The topological polar surface area (TPSA) is 56.8 Å². The van der Waals surface area contributed by atoms with E-state index in [1.807, 2.05) is 0 Å². The predicted octanol–water partition coefficient (Wildman–Crippen LogP) is 0.723. The van der Waals surface area contributed by atoms with Gasteiger partial charge in [-0.15, -0.1) is 0 Å². The van der Waals surface area contributed by atoms with Crippen LogP contribution in [0.2, 0.25) is 0 Å². The summed E-state index contributed by atoms with van der Waals surface area (Å²) >= 11 is 0. The maximum Gasteiger partial charge on any atom is 0.328 e. The van der Waals surface area contributed by atoms with E-state index in [1.54, 1.807) is 14.0 Å². The lowest BCUT2D eigenvalue weighted by molar-refractivity contribution is -0.151. The van der Waals surface area contributed by atoms with Crippen molar-refractivity contribution >= 4 is 5.97 Å². The largest absolute Gasteiger partial charge is 0.468 e. The van der Waals surface area contributed by atoms with Crippen LogP contribution in [0.25, 0.3) is 0 Å². The van der Waals surface area contributed by atoms with Crippen molar-refractivity contribution < 1.29 is 19.0 Å². The number of likely N-dealkylation sites (N-methyl/N-ethyl adjacent to an activating group) is 1. The van der Waals surface area contributed by atoms with Crippen molar-refractivity contribution in [3.05, 3.63) is 0 Å². The van der Waals surface area contributed by atoms with Crippen LogP contribution < -0.4 is 5.32 Å². The van der Waals surface area contributed by atoms with Crippen molar-refractivity contribution in [3.8, 4) is 0 Å². The van der Waals surface area contributed by atoms with Crippen molar-refractivity contribution in [2.24, 2.45) is 0 Å². The molecule has 0 aromatic heterocycles. The average molecular weight is 245 g/mol. The summed E-state index contributed by atoms with van der Waals surface area (Å²) in [7, 11) is 3.10. The van der Waals surface area contributed by atoms with Gasteiger partial charge in [-0.2, -0.15) is 0 Å². The molecule has 1 rings (SSSR count). The van der Waals surface area contributed by atoms with E-state index in [9.17, 15) is 4.79 Å². The highest BCUT2D eigenvalue weighted by molar-refractivity contribution is 5.80. The molecule has 0 aromatic rings. The minimum Gasteiger partial charge on any atom is -0.468 e. The van der Waals surface area contributed by atoms with Crippen LogP contribution in [-0.4, -0.2) is 51.6 Å². The third kappa shape index (κ3) is 4.26. The van der Waals surface area contributed by atoms with Crippen LogP contribution in [-0.2, 0) is 19.0 Å². The summed E-state index contributed by atoms with van der Waals surface area (Å²) < 4.78 is 15.9. The highest BCUT2D eigenvalue weighted by Gasteiger charge is 2.33. The Bertz CT molecular complexity index is 241. The van der Waals surface area contributed by atoms with Crippen LogP contribution in [0.4, 0.5) is 0 Å². The number of hydrogen-bond donors (Lipinski definition) is 1. The van der Waals surface area contributed by atoms with Crippen molar-refractivity contribution in [2.45, 2.75) is 37.8 Å². The van der Waals surface area contributed by atoms with Crippen LogP contribution in [0.3, 0.4) is 0 Å². The van der Waals surface area contributed by atoms with Gasteiger partial charge >= 0.3 is 5.97 Å². The van der Waals surface area contributed by atoms with E-state index in [1.165, 1.54) is 13.5 Å². The first-order valence-electron chi connectivity index (χ1n) is 6.09. The molecule has 0 bridgehead atoms. The van der Waals surface area contributed by atoms with Gasteiger partial charge < -0.3 is 19.5 Å². The van der Waals surface area contributed by atoms with Crippen molar-refractivity contribution in [1.82, 2.24) is 5.32 Å². The molecule has 0 spiro atoms. The Kier molecular flexibility index (Phi) is 5.88. The second-order valence-electron chi connectivity index (χ2n) is 4.58. The summed E-state index contributed by atoms with van der Waals surface area (Å²) in [5, 5.41) is 2.93. The van der Waals surface area contributed by atoms with Gasteiger partial charge in [-0.3, -0.25) is 0 Å². The fourth-order valence-electron chi connectivity index (χ4n) is 1.79. The normalized spacial score (nSPS) is 24.1. The Morgan fingerprint density at radius 2 is 2.29 bits per heavy atom. The molecule has 0 radical (unpaired) electrons. The third-order valence-electron chi connectivity index (χ3n) is 3.16. The lowest BCUT2D eigenvalue weighted by atomic mass is 10.0. The Labute approximate surface area is 103 Å². The van der Waals surface area contributed by atoms with Crippen LogP contribution in [0.5, 0.6) is 0 Å². The molecule has 100 valence electrons. The number of hydrogen-bond acceptors (Lipinski definition) is 5. The number of carbonyl (C=O) groups excluding carboxylic acids is 1. The minimum atomic E-state index is -0.788. The molecule has 0 aliphatic carbocycles. The van der Waals surface area contributed by atoms with Crippen LogP contribution >= 0.6 is 0 Å². The van der Waals surface area contributed by atoms with Crippen LogP contribution in [0, 0.1) is 0 Å². The van der Waals surface area contributed by atoms with Gasteiger partial charge in [0.1, 0.15) is 5.54 Å². The van der Waals surface area contributed by atoms with E-state index in [2.05, 4.69) is 5.32 Å². The molecule has 17 heavy (non-hydrogen) atoms. The van der Waals surface area contributed by atoms with Gasteiger partial charge in [0.2, 0.25) is 0 Å². The second kappa shape index (κ2) is 6.93. The van der Waals surface area contributed by atoms with Crippen molar-refractivity contribution in [1.29, 1.82) is 0 Å². The molecular weight excluding hydrogens is 222 g/mol. The molecule has 1 aliphatic heterocycles. The van der Waals surface area contributed by atoms with Crippen LogP contribution in [0.15, 0.2) is 0 Å². The summed E-state index contributed by atoms with van der Waals surface area (Å²) in [6, 6.07) is 0. The molecule has 1 heterocycles. The predicted molar refractivity (Wildman–Crippen MR) is 63.9 cm³/mol. The van der Waals surface area contributed by atoms with Gasteiger partial charge in [-0.05, 0) is 33.2 Å². The Hall–Kier alpha value is -0.650. The molecule has 1 aliphatic rings. The zero-order valence-electron chi connectivity index (χ0n) is 11.0. The average Bonchev–Trinajstić information content (AvgIpc) is 2.38. The van der Waals surface area contributed by atoms with Gasteiger partial charge in [-0.25, -0.2) is 4.79 Å². The fraction of sp³-hybridized carbons (Fsp3) is 0.917. The first-order chi connectivity index (χ1) is 8.12. The monoisotopic (exact) mass is 245 g/mol. The lowest BCUT2D eigenvalue weighted by Gasteiger charge is -2.28. The first kappa shape index (κ1) is 14.4. The Morgan fingerprint density at radius 3 is 2.82 bits per heavy atom. The second-order valence-corrected chi connectivity index (χ2v) is 4.58. The summed E-state index contributed by atoms with van der Waals surface area (Å²) in [6.45, 7) is 3.40. The molecule has 2 atom stereocenters. The third-order valence-corrected chi connectivity index (χ3v) is 3.16. The molecule has 0 aromatic carbocycles.